The van der Waals surface area contributed by atoms with Crippen LogP contribution in [-0.4, -0.2) is 31.6 Å². The first-order chi connectivity index (χ1) is 10.8. The van der Waals surface area contributed by atoms with Crippen molar-refractivity contribution in [3.63, 3.8) is 0 Å². The molecule has 0 bridgehead atoms. The Labute approximate surface area is 133 Å². The van der Waals surface area contributed by atoms with Crippen molar-refractivity contribution in [2.45, 2.75) is 19.3 Å². The van der Waals surface area contributed by atoms with Crippen LogP contribution in [0.2, 0.25) is 0 Å². The van der Waals surface area contributed by atoms with Crippen LogP contribution in [0.5, 0.6) is 5.75 Å². The minimum atomic E-state index is 0.827. The summed E-state index contributed by atoms with van der Waals surface area (Å²) in [7, 11) is 2.21. The van der Waals surface area contributed by atoms with E-state index in [9.17, 15) is 0 Å². The Morgan fingerprint density at radius 2 is 1.64 bits per heavy atom. The third kappa shape index (κ3) is 4.11. The molecule has 0 aliphatic carbocycles. The normalized spacial score (nSPS) is 16.6. The van der Waals surface area contributed by atoms with Gasteiger partial charge in [0.15, 0.2) is 0 Å². The molecule has 0 aromatic heterocycles. The van der Waals surface area contributed by atoms with E-state index in [1.54, 1.807) is 0 Å². The van der Waals surface area contributed by atoms with Crippen molar-refractivity contribution in [1.82, 2.24) is 4.90 Å². The number of likely N-dealkylation sites (tertiary alicyclic amines) is 1. The van der Waals surface area contributed by atoms with Gasteiger partial charge < -0.3 is 9.64 Å². The Morgan fingerprint density at radius 1 is 1.00 bits per heavy atom. The first-order valence-corrected chi connectivity index (χ1v) is 8.19. The first kappa shape index (κ1) is 15.1. The van der Waals surface area contributed by atoms with E-state index >= 15 is 0 Å². The molecular weight excluding hydrogens is 270 g/mol. The number of piperidine rings is 1. The highest BCUT2D eigenvalue weighted by atomic mass is 16.5. The maximum atomic E-state index is 5.91. The van der Waals surface area contributed by atoms with Gasteiger partial charge >= 0.3 is 0 Å². The molecule has 1 aliphatic rings. The number of benzene rings is 2. The van der Waals surface area contributed by atoms with Crippen LogP contribution < -0.4 is 4.74 Å². The zero-order valence-electron chi connectivity index (χ0n) is 13.3. The second kappa shape index (κ2) is 7.46. The molecule has 1 saturated heterocycles. The van der Waals surface area contributed by atoms with Crippen LogP contribution in [0.4, 0.5) is 0 Å². The zero-order valence-corrected chi connectivity index (χ0v) is 13.3. The molecule has 1 heterocycles. The first-order valence-electron chi connectivity index (χ1n) is 8.19. The zero-order chi connectivity index (χ0) is 15.2. The lowest BCUT2D eigenvalue weighted by atomic mass is 9.94. The minimum absolute atomic E-state index is 0.827. The van der Waals surface area contributed by atoms with Crippen molar-refractivity contribution in [2.24, 2.45) is 5.92 Å². The number of ether oxygens (including phenoxy) is 1. The van der Waals surface area contributed by atoms with E-state index in [1.807, 2.05) is 12.1 Å². The van der Waals surface area contributed by atoms with E-state index in [-0.39, 0.29) is 0 Å². The summed E-state index contributed by atoms with van der Waals surface area (Å²) in [4.78, 5) is 2.41. The van der Waals surface area contributed by atoms with Gasteiger partial charge in [-0.05, 0) is 74.6 Å². The molecule has 2 aromatic rings. The second-order valence-electron chi connectivity index (χ2n) is 6.20. The van der Waals surface area contributed by atoms with Gasteiger partial charge in [0.2, 0.25) is 0 Å². The molecule has 0 unspecified atom stereocenters. The summed E-state index contributed by atoms with van der Waals surface area (Å²) in [6.07, 6.45) is 3.79. The Bertz CT molecular complexity index is 556. The molecule has 0 saturated carbocycles. The third-order valence-corrected chi connectivity index (χ3v) is 4.54. The van der Waals surface area contributed by atoms with Gasteiger partial charge in [-0.2, -0.15) is 0 Å². The third-order valence-electron chi connectivity index (χ3n) is 4.54. The largest absolute Gasteiger partial charge is 0.494 e. The fourth-order valence-corrected chi connectivity index (χ4v) is 3.02. The van der Waals surface area contributed by atoms with Gasteiger partial charge in [-0.1, -0.05) is 36.4 Å². The summed E-state index contributed by atoms with van der Waals surface area (Å²) in [6.45, 7) is 3.29. The van der Waals surface area contributed by atoms with Gasteiger partial charge in [0.25, 0.3) is 0 Å². The topological polar surface area (TPSA) is 12.5 Å². The molecule has 1 radical (unpaired) electrons. The van der Waals surface area contributed by atoms with Crippen molar-refractivity contribution < 1.29 is 4.74 Å². The van der Waals surface area contributed by atoms with Gasteiger partial charge in [-0.25, -0.2) is 0 Å². The van der Waals surface area contributed by atoms with Crippen molar-refractivity contribution in [1.29, 1.82) is 0 Å². The minimum Gasteiger partial charge on any atom is -0.494 e. The van der Waals surface area contributed by atoms with Crippen LogP contribution >= 0.6 is 0 Å². The maximum absolute atomic E-state index is 5.91. The highest BCUT2D eigenvalue weighted by molar-refractivity contribution is 5.63. The van der Waals surface area contributed by atoms with Crippen molar-refractivity contribution in [2.75, 3.05) is 26.7 Å². The highest BCUT2D eigenvalue weighted by Crippen LogP contribution is 2.23. The molecule has 115 valence electrons. The number of hydrogen-bond donors (Lipinski definition) is 0. The highest BCUT2D eigenvalue weighted by Gasteiger charge is 2.16. The predicted octanol–water partition coefficient (Wildman–Crippen LogP) is 4.26. The summed E-state index contributed by atoms with van der Waals surface area (Å²) in [5, 5.41) is 0. The average molecular weight is 294 g/mol. The molecular formula is C20H24NO. The SMILES string of the molecule is CN1CCC(CCOc2ccc(-c3cc[c]cc3)cc2)CC1. The van der Waals surface area contributed by atoms with Crippen LogP contribution in [0.1, 0.15) is 19.3 Å². The van der Waals surface area contributed by atoms with Gasteiger partial charge in [-0.15, -0.1) is 0 Å². The fraction of sp³-hybridized carbons (Fsp3) is 0.400. The summed E-state index contributed by atoms with van der Waals surface area (Å²) in [6, 6.07) is 19.5. The van der Waals surface area contributed by atoms with E-state index in [4.69, 9.17) is 4.74 Å². The monoisotopic (exact) mass is 294 g/mol. The van der Waals surface area contributed by atoms with E-state index in [1.165, 1.54) is 43.5 Å². The molecule has 1 fully saturated rings. The van der Waals surface area contributed by atoms with Crippen LogP contribution in [-0.2, 0) is 0 Å². The molecule has 0 atom stereocenters. The molecule has 2 heteroatoms. The van der Waals surface area contributed by atoms with E-state index in [0.29, 0.717) is 0 Å². The molecule has 2 aromatic carbocycles. The number of nitrogens with zero attached hydrogens (tertiary/aromatic N) is 1. The van der Waals surface area contributed by atoms with Gasteiger partial charge in [0.1, 0.15) is 5.75 Å². The van der Waals surface area contributed by atoms with Crippen molar-refractivity contribution in [3.8, 4) is 16.9 Å². The maximum Gasteiger partial charge on any atom is 0.119 e. The van der Waals surface area contributed by atoms with E-state index in [2.05, 4.69) is 54.4 Å². The van der Waals surface area contributed by atoms with Gasteiger partial charge in [0.05, 0.1) is 6.61 Å². The molecule has 0 N–H and O–H groups in total. The molecule has 22 heavy (non-hydrogen) atoms. The number of rotatable bonds is 5. The van der Waals surface area contributed by atoms with Gasteiger partial charge in [-0.3, -0.25) is 0 Å². The predicted molar refractivity (Wildman–Crippen MR) is 91.0 cm³/mol. The molecule has 0 spiro atoms. The quantitative estimate of drug-likeness (QED) is 0.817. The summed E-state index contributed by atoms with van der Waals surface area (Å²) in [5.74, 6) is 1.80. The lowest BCUT2D eigenvalue weighted by Crippen LogP contribution is -2.30. The van der Waals surface area contributed by atoms with Crippen molar-refractivity contribution in [3.05, 3.63) is 54.6 Å². The van der Waals surface area contributed by atoms with Crippen LogP contribution in [0.25, 0.3) is 11.1 Å². The smallest absolute Gasteiger partial charge is 0.119 e. The Hall–Kier alpha value is -1.80. The summed E-state index contributed by atoms with van der Waals surface area (Å²) in [5.41, 5.74) is 2.44. The Kier molecular flexibility index (Phi) is 5.12. The van der Waals surface area contributed by atoms with Crippen LogP contribution in [0.15, 0.2) is 48.5 Å². The summed E-state index contributed by atoms with van der Waals surface area (Å²) >= 11 is 0. The van der Waals surface area contributed by atoms with Crippen molar-refractivity contribution >= 4 is 0 Å². The number of hydrogen-bond acceptors (Lipinski definition) is 2. The lowest BCUT2D eigenvalue weighted by molar-refractivity contribution is 0.187. The lowest BCUT2D eigenvalue weighted by Gasteiger charge is -2.28. The van der Waals surface area contributed by atoms with E-state index < -0.39 is 0 Å². The standard InChI is InChI=1S/C20H24NO/c1-21-14-11-17(12-15-21)13-16-22-20-9-7-19(8-10-20)18-5-3-2-4-6-18/h3-10,17H,11-16H2,1H3. The second-order valence-corrected chi connectivity index (χ2v) is 6.20. The Morgan fingerprint density at radius 3 is 2.32 bits per heavy atom. The molecule has 3 rings (SSSR count). The van der Waals surface area contributed by atoms with E-state index in [0.717, 1.165) is 18.3 Å². The molecule has 2 nitrogen and oxygen atoms in total. The molecule has 1 aliphatic heterocycles. The van der Waals surface area contributed by atoms with Crippen LogP contribution in [0, 0.1) is 12.0 Å². The Balaban J connectivity index is 1.47. The summed E-state index contributed by atoms with van der Waals surface area (Å²) < 4.78 is 5.91. The average Bonchev–Trinajstić information content (AvgIpc) is 2.58. The van der Waals surface area contributed by atoms with Crippen LogP contribution in [0.3, 0.4) is 0 Å². The molecule has 0 amide bonds. The fourth-order valence-electron chi connectivity index (χ4n) is 3.02. The van der Waals surface area contributed by atoms with Gasteiger partial charge in [0, 0.05) is 0 Å².